The highest BCUT2D eigenvalue weighted by atomic mass is 32.1. The predicted molar refractivity (Wildman–Crippen MR) is 94.1 cm³/mol. The van der Waals surface area contributed by atoms with Gasteiger partial charge in [-0.25, -0.2) is 0 Å². The second-order valence-electron chi connectivity index (χ2n) is 5.31. The maximum Gasteiger partial charge on any atom is 0.252 e. The third-order valence-electron chi connectivity index (χ3n) is 3.51. The normalized spacial score (nSPS) is 11.6. The summed E-state index contributed by atoms with van der Waals surface area (Å²) >= 11 is 1.50. The summed E-state index contributed by atoms with van der Waals surface area (Å²) < 4.78 is 3.01. The Morgan fingerprint density at radius 3 is 2.78 bits per heavy atom. The van der Waals surface area contributed by atoms with Gasteiger partial charge < -0.3 is 4.57 Å². The Morgan fingerprint density at radius 1 is 1.26 bits per heavy atom. The van der Waals surface area contributed by atoms with E-state index in [4.69, 9.17) is 6.42 Å². The van der Waals surface area contributed by atoms with E-state index in [0.717, 1.165) is 15.8 Å². The minimum atomic E-state index is -0.162. The number of nitrogens with zero attached hydrogens (tertiary/aromatic N) is 2. The molecule has 0 saturated heterocycles. The molecule has 3 nitrogen and oxygen atoms in total. The van der Waals surface area contributed by atoms with E-state index in [0.29, 0.717) is 17.8 Å². The zero-order chi connectivity index (χ0) is 16.2. The van der Waals surface area contributed by atoms with Crippen LogP contribution >= 0.6 is 11.3 Å². The SMILES string of the molecule is C#CCn1c(=NC(=O)Cc2ccccc2)sc2cc(C)ccc21. The number of aromatic nitrogens is 1. The van der Waals surface area contributed by atoms with Gasteiger partial charge in [0.05, 0.1) is 23.2 Å². The number of hydrogen-bond acceptors (Lipinski definition) is 2. The third-order valence-corrected chi connectivity index (χ3v) is 4.55. The minimum Gasteiger partial charge on any atom is -0.305 e. The highest BCUT2D eigenvalue weighted by Crippen LogP contribution is 2.18. The molecule has 0 bridgehead atoms. The monoisotopic (exact) mass is 320 g/mol. The van der Waals surface area contributed by atoms with Gasteiger partial charge in [0.2, 0.25) is 0 Å². The molecule has 1 heterocycles. The summed E-state index contributed by atoms with van der Waals surface area (Å²) in [6, 6.07) is 15.8. The van der Waals surface area contributed by atoms with Crippen molar-refractivity contribution in [1.29, 1.82) is 0 Å². The van der Waals surface area contributed by atoms with Crippen molar-refractivity contribution in [3.8, 4) is 12.3 Å². The molecule has 1 amide bonds. The number of terminal acetylenes is 1. The van der Waals surface area contributed by atoms with Crippen LogP contribution in [-0.2, 0) is 17.8 Å². The zero-order valence-electron chi connectivity index (χ0n) is 12.8. The third kappa shape index (κ3) is 3.41. The Balaban J connectivity index is 2.02. The quantitative estimate of drug-likeness (QED) is 0.682. The number of fused-ring (bicyclic) bond motifs is 1. The first-order valence-corrected chi connectivity index (χ1v) is 8.14. The zero-order valence-corrected chi connectivity index (χ0v) is 13.6. The van der Waals surface area contributed by atoms with E-state index >= 15 is 0 Å². The fraction of sp³-hybridized carbons (Fsp3) is 0.158. The highest BCUT2D eigenvalue weighted by Gasteiger charge is 2.08. The summed E-state index contributed by atoms with van der Waals surface area (Å²) in [7, 11) is 0. The van der Waals surface area contributed by atoms with Crippen LogP contribution in [0.4, 0.5) is 0 Å². The van der Waals surface area contributed by atoms with Crippen LogP contribution in [0.3, 0.4) is 0 Å². The van der Waals surface area contributed by atoms with Crippen molar-refractivity contribution in [3.05, 3.63) is 64.5 Å². The number of benzene rings is 2. The van der Waals surface area contributed by atoms with E-state index < -0.39 is 0 Å². The molecule has 0 aliphatic carbocycles. The maximum atomic E-state index is 12.3. The van der Waals surface area contributed by atoms with E-state index in [-0.39, 0.29) is 5.91 Å². The summed E-state index contributed by atoms with van der Waals surface area (Å²) in [5.74, 6) is 2.48. The molecule has 0 aliphatic heterocycles. The van der Waals surface area contributed by atoms with Crippen LogP contribution in [0.15, 0.2) is 53.5 Å². The van der Waals surface area contributed by atoms with Gasteiger partial charge in [0.1, 0.15) is 0 Å². The van der Waals surface area contributed by atoms with Crippen LogP contribution in [0, 0.1) is 19.3 Å². The van der Waals surface area contributed by atoms with Gasteiger partial charge in [-0.2, -0.15) is 4.99 Å². The van der Waals surface area contributed by atoms with Gasteiger partial charge in [0, 0.05) is 0 Å². The van der Waals surface area contributed by atoms with Gasteiger partial charge in [-0.3, -0.25) is 4.79 Å². The second kappa shape index (κ2) is 6.64. The molecule has 0 aliphatic rings. The molecule has 3 rings (SSSR count). The average Bonchev–Trinajstić information content (AvgIpc) is 2.85. The van der Waals surface area contributed by atoms with Crippen molar-refractivity contribution < 1.29 is 4.79 Å². The number of rotatable bonds is 3. The molecular formula is C19H16N2OS. The van der Waals surface area contributed by atoms with Crippen molar-refractivity contribution in [1.82, 2.24) is 4.57 Å². The van der Waals surface area contributed by atoms with Gasteiger partial charge in [0.15, 0.2) is 4.80 Å². The predicted octanol–water partition coefficient (Wildman–Crippen LogP) is 3.31. The van der Waals surface area contributed by atoms with Crippen LogP contribution < -0.4 is 4.80 Å². The van der Waals surface area contributed by atoms with Crippen LogP contribution in [0.1, 0.15) is 11.1 Å². The Morgan fingerprint density at radius 2 is 2.04 bits per heavy atom. The van der Waals surface area contributed by atoms with Crippen LogP contribution in [0.2, 0.25) is 0 Å². The summed E-state index contributed by atoms with van der Waals surface area (Å²) in [4.78, 5) is 17.2. The molecule has 0 unspecified atom stereocenters. The Labute approximate surface area is 138 Å². The lowest BCUT2D eigenvalue weighted by atomic mass is 10.1. The van der Waals surface area contributed by atoms with Gasteiger partial charge in [-0.1, -0.05) is 53.7 Å². The number of aryl methyl sites for hydroxylation is 1. The summed E-state index contributed by atoms with van der Waals surface area (Å²) in [5.41, 5.74) is 3.15. The van der Waals surface area contributed by atoms with Crippen LogP contribution in [0.5, 0.6) is 0 Å². The fourth-order valence-electron chi connectivity index (χ4n) is 2.43. The molecule has 1 aromatic heterocycles. The van der Waals surface area contributed by atoms with Crippen molar-refractivity contribution >= 4 is 27.5 Å². The van der Waals surface area contributed by atoms with E-state index in [9.17, 15) is 4.79 Å². The average molecular weight is 320 g/mol. The molecule has 0 fully saturated rings. The van der Waals surface area contributed by atoms with Crippen molar-refractivity contribution in [2.75, 3.05) is 0 Å². The minimum absolute atomic E-state index is 0.162. The number of carbonyl (C=O) groups is 1. The smallest absolute Gasteiger partial charge is 0.252 e. The molecule has 23 heavy (non-hydrogen) atoms. The largest absolute Gasteiger partial charge is 0.305 e. The summed E-state index contributed by atoms with van der Waals surface area (Å²) in [6.45, 7) is 2.45. The topological polar surface area (TPSA) is 34.4 Å². The summed E-state index contributed by atoms with van der Waals surface area (Å²) in [6.07, 6.45) is 5.77. The lowest BCUT2D eigenvalue weighted by molar-refractivity contribution is -0.117. The van der Waals surface area contributed by atoms with E-state index in [1.807, 2.05) is 54.0 Å². The van der Waals surface area contributed by atoms with E-state index in [1.165, 1.54) is 16.9 Å². The lowest BCUT2D eigenvalue weighted by Gasteiger charge is -2.00. The standard InChI is InChI=1S/C19H16N2OS/c1-3-11-21-16-10-9-14(2)12-17(16)23-19(21)20-18(22)13-15-7-5-4-6-8-15/h1,4-10,12H,11,13H2,2H3. The first-order valence-electron chi connectivity index (χ1n) is 7.32. The summed E-state index contributed by atoms with van der Waals surface area (Å²) in [5, 5.41) is 0. The van der Waals surface area contributed by atoms with Gasteiger partial charge in [-0.15, -0.1) is 6.42 Å². The molecule has 0 N–H and O–H groups in total. The lowest BCUT2D eigenvalue weighted by Crippen LogP contribution is -2.17. The Hall–Kier alpha value is -2.64. The molecule has 114 valence electrons. The molecule has 0 saturated carbocycles. The second-order valence-corrected chi connectivity index (χ2v) is 6.32. The molecule has 0 radical (unpaired) electrons. The maximum absolute atomic E-state index is 12.3. The van der Waals surface area contributed by atoms with Gasteiger partial charge in [0.25, 0.3) is 5.91 Å². The first kappa shape index (κ1) is 15.3. The number of hydrogen-bond donors (Lipinski definition) is 0. The van der Waals surface area contributed by atoms with E-state index in [2.05, 4.69) is 17.0 Å². The molecule has 2 aromatic carbocycles. The van der Waals surface area contributed by atoms with Crippen molar-refractivity contribution in [3.63, 3.8) is 0 Å². The molecule has 4 heteroatoms. The van der Waals surface area contributed by atoms with Crippen LogP contribution in [0.25, 0.3) is 10.2 Å². The number of thiazole rings is 1. The van der Waals surface area contributed by atoms with E-state index in [1.54, 1.807) is 0 Å². The van der Waals surface area contributed by atoms with Gasteiger partial charge in [-0.05, 0) is 30.2 Å². The van der Waals surface area contributed by atoms with Crippen molar-refractivity contribution in [2.24, 2.45) is 4.99 Å². The highest BCUT2D eigenvalue weighted by molar-refractivity contribution is 7.16. The molecule has 0 atom stereocenters. The fourth-order valence-corrected chi connectivity index (χ4v) is 3.57. The molecule has 0 spiro atoms. The molecular weight excluding hydrogens is 304 g/mol. The number of carbonyl (C=O) groups excluding carboxylic acids is 1. The molecule has 3 aromatic rings. The Kier molecular flexibility index (Phi) is 4.40. The number of amides is 1. The Bertz CT molecular complexity index is 958. The first-order chi connectivity index (χ1) is 11.2. The van der Waals surface area contributed by atoms with Crippen LogP contribution in [-0.4, -0.2) is 10.5 Å². The van der Waals surface area contributed by atoms with Gasteiger partial charge >= 0.3 is 0 Å². The van der Waals surface area contributed by atoms with Crippen molar-refractivity contribution in [2.45, 2.75) is 19.9 Å².